The van der Waals surface area contributed by atoms with E-state index in [0.29, 0.717) is 17.7 Å². The second-order valence-electron chi connectivity index (χ2n) is 6.95. The molecule has 1 aromatic heterocycles. The van der Waals surface area contributed by atoms with Crippen molar-refractivity contribution in [1.82, 2.24) is 20.6 Å². The van der Waals surface area contributed by atoms with Crippen LogP contribution in [0.25, 0.3) is 22.0 Å². The van der Waals surface area contributed by atoms with E-state index in [1.807, 2.05) is 19.3 Å². The minimum absolute atomic E-state index is 0.348. The second-order valence-corrected chi connectivity index (χ2v) is 6.95. The minimum atomic E-state index is 0.348. The maximum atomic E-state index is 7.44. The van der Waals surface area contributed by atoms with Crippen LogP contribution in [0.1, 0.15) is 30.5 Å². The molecule has 6 nitrogen and oxygen atoms in total. The Morgan fingerprint density at radius 2 is 2.00 bits per heavy atom. The summed E-state index contributed by atoms with van der Waals surface area (Å²) in [6.07, 6.45) is 5.77. The smallest absolute Gasteiger partial charge is 0.227 e. The Kier molecular flexibility index (Phi) is 6.57. The van der Waals surface area contributed by atoms with Gasteiger partial charge < -0.3 is 21.4 Å². The van der Waals surface area contributed by atoms with Crippen LogP contribution in [0.3, 0.4) is 0 Å². The van der Waals surface area contributed by atoms with Gasteiger partial charge in [-0.2, -0.15) is 0 Å². The summed E-state index contributed by atoms with van der Waals surface area (Å²) in [7, 11) is 3.78. The Hall–Kier alpha value is -3.25. The van der Waals surface area contributed by atoms with Crippen LogP contribution in [0, 0.1) is 12.3 Å². The maximum Gasteiger partial charge on any atom is 0.227 e. The zero-order valence-electron chi connectivity index (χ0n) is 17.4. The number of rotatable bonds is 8. The van der Waals surface area contributed by atoms with Crippen molar-refractivity contribution in [2.75, 3.05) is 19.4 Å². The van der Waals surface area contributed by atoms with Crippen LogP contribution in [-0.2, 0) is 0 Å². The summed E-state index contributed by atoms with van der Waals surface area (Å²) in [6, 6.07) is 13.3. The molecule has 3 rings (SSSR count). The first-order chi connectivity index (χ1) is 14.1. The van der Waals surface area contributed by atoms with Crippen LogP contribution >= 0.6 is 0 Å². The van der Waals surface area contributed by atoms with Crippen molar-refractivity contribution in [1.29, 1.82) is 5.41 Å². The van der Waals surface area contributed by atoms with Crippen LogP contribution in [0.2, 0.25) is 0 Å². The molecule has 3 aromatic rings. The third kappa shape index (κ3) is 4.60. The Morgan fingerprint density at radius 3 is 2.69 bits per heavy atom. The molecule has 4 N–H and O–H groups in total. The van der Waals surface area contributed by atoms with Crippen molar-refractivity contribution in [3.63, 3.8) is 0 Å². The molecular weight excluding hydrogens is 360 g/mol. The van der Waals surface area contributed by atoms with Gasteiger partial charge in [-0.05, 0) is 60.8 Å². The Morgan fingerprint density at radius 1 is 1.17 bits per heavy atom. The van der Waals surface area contributed by atoms with Gasteiger partial charge >= 0.3 is 0 Å². The molecule has 0 aliphatic heterocycles. The number of fused-ring (bicyclic) bond motifs is 1. The summed E-state index contributed by atoms with van der Waals surface area (Å²) in [5, 5.41) is 17.7. The van der Waals surface area contributed by atoms with Gasteiger partial charge in [0.15, 0.2) is 0 Å². The molecule has 150 valence electrons. The van der Waals surface area contributed by atoms with Crippen molar-refractivity contribution in [3.8, 4) is 11.1 Å². The standard InChI is InChI=1S/C23H28N6/c1-5-21(26-4)17-7-6-15(2)20(11-17)16-8-9-22-18(10-16)13-27-23(29-22)28-19(12-24)14-25-3/h6-14,21,24-26H,5H2,1-4H3,(H,27,28,29)/b19-14+,24-12?. The quantitative estimate of drug-likeness (QED) is 0.430. The van der Waals surface area contributed by atoms with E-state index >= 15 is 0 Å². The average molecular weight is 389 g/mol. The Balaban J connectivity index is 1.96. The molecule has 29 heavy (non-hydrogen) atoms. The number of nitrogens with zero attached hydrogens (tertiary/aromatic N) is 2. The molecule has 0 bridgehead atoms. The highest BCUT2D eigenvalue weighted by Gasteiger charge is 2.11. The van der Waals surface area contributed by atoms with E-state index in [9.17, 15) is 0 Å². The number of hydrogen-bond acceptors (Lipinski definition) is 6. The molecule has 0 aliphatic carbocycles. The van der Waals surface area contributed by atoms with Crippen molar-refractivity contribution in [2.45, 2.75) is 26.3 Å². The highest BCUT2D eigenvalue weighted by molar-refractivity contribution is 5.86. The molecular formula is C23H28N6. The molecule has 0 amide bonds. The van der Waals surface area contributed by atoms with Gasteiger partial charge in [0.05, 0.1) is 11.2 Å². The van der Waals surface area contributed by atoms with Gasteiger partial charge in [0.2, 0.25) is 5.95 Å². The fourth-order valence-corrected chi connectivity index (χ4v) is 3.43. The number of aryl methyl sites for hydroxylation is 1. The minimum Gasteiger partial charge on any atom is -0.392 e. The lowest BCUT2D eigenvalue weighted by Gasteiger charge is -2.17. The first-order valence-corrected chi connectivity index (χ1v) is 9.79. The van der Waals surface area contributed by atoms with Crippen LogP contribution in [0.15, 0.2) is 54.5 Å². The van der Waals surface area contributed by atoms with Gasteiger partial charge in [0.1, 0.15) is 0 Å². The largest absolute Gasteiger partial charge is 0.392 e. The monoisotopic (exact) mass is 388 g/mol. The fourth-order valence-electron chi connectivity index (χ4n) is 3.43. The predicted octanol–water partition coefficient (Wildman–Crippen LogP) is 4.40. The zero-order chi connectivity index (χ0) is 20.8. The van der Waals surface area contributed by atoms with Gasteiger partial charge in [-0.25, -0.2) is 9.97 Å². The van der Waals surface area contributed by atoms with Crippen LogP contribution < -0.4 is 16.0 Å². The highest BCUT2D eigenvalue weighted by Crippen LogP contribution is 2.30. The topological polar surface area (TPSA) is 85.7 Å². The maximum absolute atomic E-state index is 7.44. The summed E-state index contributed by atoms with van der Waals surface area (Å²) in [4.78, 5) is 8.97. The van der Waals surface area contributed by atoms with Crippen LogP contribution in [0.5, 0.6) is 0 Å². The Labute approximate surface area is 172 Å². The van der Waals surface area contributed by atoms with Crippen molar-refractivity contribution in [2.24, 2.45) is 0 Å². The number of allylic oxidation sites excluding steroid dienone is 1. The number of nitrogens with one attached hydrogen (secondary N) is 4. The highest BCUT2D eigenvalue weighted by atomic mass is 15.1. The summed E-state index contributed by atoms with van der Waals surface area (Å²) in [5.74, 6) is 0.466. The SMILES string of the molecule is CCC(NC)c1ccc(C)c(-c2ccc3nc(N/C(C=N)=C/NC)ncc3c2)c1. The third-order valence-corrected chi connectivity index (χ3v) is 5.02. The van der Waals surface area contributed by atoms with Gasteiger partial charge in [-0.15, -0.1) is 0 Å². The molecule has 0 aliphatic rings. The second kappa shape index (κ2) is 9.30. The number of anilines is 1. The zero-order valence-corrected chi connectivity index (χ0v) is 17.4. The van der Waals surface area contributed by atoms with E-state index in [1.54, 1.807) is 13.2 Å². The summed E-state index contributed by atoms with van der Waals surface area (Å²) in [5.41, 5.74) is 6.36. The summed E-state index contributed by atoms with van der Waals surface area (Å²) in [6.45, 7) is 4.33. The van der Waals surface area contributed by atoms with E-state index in [1.165, 1.54) is 22.9 Å². The van der Waals surface area contributed by atoms with Crippen molar-refractivity contribution >= 4 is 23.1 Å². The third-order valence-electron chi connectivity index (χ3n) is 5.02. The number of aromatic nitrogens is 2. The van der Waals surface area contributed by atoms with E-state index in [4.69, 9.17) is 5.41 Å². The van der Waals surface area contributed by atoms with Gasteiger partial charge in [-0.3, -0.25) is 0 Å². The van der Waals surface area contributed by atoms with Gasteiger partial charge in [-0.1, -0.05) is 25.1 Å². The van der Waals surface area contributed by atoms with E-state index in [2.05, 4.69) is 70.1 Å². The molecule has 2 aromatic carbocycles. The fraction of sp³-hybridized carbons (Fsp3) is 0.261. The lowest BCUT2D eigenvalue weighted by Crippen LogP contribution is -2.15. The van der Waals surface area contributed by atoms with Crippen LogP contribution in [-0.4, -0.2) is 30.3 Å². The van der Waals surface area contributed by atoms with Gasteiger partial charge in [0, 0.05) is 37.1 Å². The van der Waals surface area contributed by atoms with Crippen molar-refractivity contribution < 1.29 is 0 Å². The first-order valence-electron chi connectivity index (χ1n) is 9.79. The molecule has 1 unspecified atom stereocenters. The van der Waals surface area contributed by atoms with Crippen LogP contribution in [0.4, 0.5) is 5.95 Å². The first kappa shape index (κ1) is 20.5. The molecule has 0 spiro atoms. The predicted molar refractivity (Wildman–Crippen MR) is 121 cm³/mol. The van der Waals surface area contributed by atoms with E-state index < -0.39 is 0 Å². The lowest BCUT2D eigenvalue weighted by molar-refractivity contribution is 0.577. The van der Waals surface area contributed by atoms with E-state index in [0.717, 1.165) is 22.9 Å². The molecule has 0 saturated carbocycles. The van der Waals surface area contributed by atoms with Crippen molar-refractivity contribution in [3.05, 3.63) is 65.6 Å². The van der Waals surface area contributed by atoms with E-state index in [-0.39, 0.29) is 0 Å². The average Bonchev–Trinajstić information content (AvgIpc) is 2.75. The number of hydrogen-bond donors (Lipinski definition) is 4. The lowest BCUT2D eigenvalue weighted by atomic mass is 9.94. The summed E-state index contributed by atoms with van der Waals surface area (Å²) >= 11 is 0. The van der Waals surface area contributed by atoms with Gasteiger partial charge in [0.25, 0.3) is 0 Å². The molecule has 1 heterocycles. The number of benzene rings is 2. The molecule has 0 fully saturated rings. The normalized spacial score (nSPS) is 12.6. The summed E-state index contributed by atoms with van der Waals surface area (Å²) < 4.78 is 0. The molecule has 1 atom stereocenters. The molecule has 0 radical (unpaired) electrons. The Bertz CT molecular complexity index is 1040. The molecule has 0 saturated heterocycles. The molecule has 6 heteroatoms.